The van der Waals surface area contributed by atoms with Crippen LogP contribution in [0.15, 0.2) is 115 Å². The molecule has 11 aromatic heterocycles. The highest BCUT2D eigenvalue weighted by atomic mass is 32.2. The molecule has 1 atom stereocenters. The topological polar surface area (TPSA) is 423 Å². The first-order valence-corrected chi connectivity index (χ1v) is 44.1. The van der Waals surface area contributed by atoms with E-state index < -0.39 is 46.7 Å². The fraction of sp³-hybridized carbons (Fsp3) is 0.487. The molecule has 0 aliphatic carbocycles. The lowest BCUT2D eigenvalue weighted by Gasteiger charge is -2.33. The molecule has 0 saturated carbocycles. The number of sulfonamides is 3. The Balaban J connectivity index is 0.000000163. The van der Waals surface area contributed by atoms with E-state index in [4.69, 9.17) is 33.7 Å². The summed E-state index contributed by atoms with van der Waals surface area (Å²) in [6.45, 7) is 26.8. The average molecular weight is 1680 g/mol. The van der Waals surface area contributed by atoms with Gasteiger partial charge >= 0.3 is 0 Å². The van der Waals surface area contributed by atoms with Crippen molar-refractivity contribution in [3.05, 3.63) is 145 Å². The number of likely N-dealkylation sites (N-methyl/N-ethyl adjacent to an activating group) is 2. The molecule has 0 radical (unpaired) electrons. The predicted octanol–water partition coefficient (Wildman–Crippen LogP) is 5.25. The molecule has 118 heavy (non-hydrogen) atoms. The van der Waals surface area contributed by atoms with Crippen LogP contribution in [0.25, 0.3) is 67.3 Å². The van der Waals surface area contributed by atoms with Crippen LogP contribution in [-0.4, -0.2) is 282 Å². The van der Waals surface area contributed by atoms with Crippen LogP contribution >= 0.6 is 0 Å². The predicted molar refractivity (Wildman–Crippen MR) is 442 cm³/mol. The number of rotatable bonds is 31. The SMILES string of the molecule is CCCOc1ncc(S(=O)(=O)N2CCN(CCC)CC2)cc1-c1nc2c(CC)n(Cc3ccccn3)nc2c(=O)[nH]1.CCc1c2nc(-c3cc(S(=O)(=O)N4CCN(CC)CC4)cnc3OCCOC)[nH]c(=O)c2nn1Cc1ccccn1.CCc1c2nc(-c3cc(S(=O)(=O)N4CCN(CC)CC4)cnc3O[C@H](C)COC)[nH]c(=O)c2nn1C. The van der Waals surface area contributed by atoms with E-state index in [0.29, 0.717) is 153 Å². The summed E-state index contributed by atoms with van der Waals surface area (Å²) < 4.78 is 119. The van der Waals surface area contributed by atoms with Gasteiger partial charge in [-0.1, -0.05) is 60.6 Å². The molecule has 0 spiro atoms. The van der Waals surface area contributed by atoms with Gasteiger partial charge in [0.1, 0.15) is 61.4 Å². The summed E-state index contributed by atoms with van der Waals surface area (Å²) in [5.74, 6) is 0.979. The zero-order chi connectivity index (χ0) is 84.0. The van der Waals surface area contributed by atoms with E-state index >= 15 is 0 Å². The fourth-order valence-electron chi connectivity index (χ4n) is 14.2. The molecule has 3 aliphatic rings. The van der Waals surface area contributed by atoms with Gasteiger partial charge in [-0.2, -0.15) is 28.2 Å². The number of H-pyrrole nitrogens is 3. The molecule has 3 N–H and O–H groups in total. The van der Waals surface area contributed by atoms with Crippen molar-refractivity contribution in [3.8, 4) is 51.8 Å². The van der Waals surface area contributed by atoms with Gasteiger partial charge in [0.05, 0.1) is 96.7 Å². The summed E-state index contributed by atoms with van der Waals surface area (Å²) in [5.41, 5.74) is 5.40. The van der Waals surface area contributed by atoms with Crippen LogP contribution < -0.4 is 30.9 Å². The van der Waals surface area contributed by atoms with Crippen molar-refractivity contribution in [1.29, 1.82) is 0 Å². The number of ether oxygens (including phenoxy) is 5. The first kappa shape index (κ1) is 87.1. The van der Waals surface area contributed by atoms with Gasteiger partial charge < -0.3 is 53.3 Å². The number of fused-ring (bicyclic) bond motifs is 3. The molecule has 0 amide bonds. The number of nitrogens with one attached hydrogen (secondary N) is 3. The van der Waals surface area contributed by atoms with Gasteiger partial charge in [0.25, 0.3) is 16.7 Å². The van der Waals surface area contributed by atoms with Crippen molar-refractivity contribution in [2.75, 3.05) is 139 Å². The van der Waals surface area contributed by atoms with Gasteiger partial charge in [-0.15, -0.1) is 0 Å². The van der Waals surface area contributed by atoms with E-state index in [1.807, 2.05) is 71.0 Å². The van der Waals surface area contributed by atoms with Crippen LogP contribution in [0.2, 0.25) is 0 Å². The monoisotopic (exact) mass is 1680 g/mol. The van der Waals surface area contributed by atoms with Gasteiger partial charge in [-0.25, -0.2) is 55.2 Å². The summed E-state index contributed by atoms with van der Waals surface area (Å²) in [6.07, 6.45) is 10.5. The first-order valence-electron chi connectivity index (χ1n) is 39.7. The standard InChI is InChI=1S/C28H36N8O4S.C27H34N8O5S.C23H33N7O5S/c1-4-11-34-12-14-35(15-13-34)41(38,39)21-17-22(28(30-18-21)40-16-5-2)26-31-24-23(6-3)36(33-25(24)27(37)32-26)19-20-9-7-8-10-29-20;1-4-22-23-24(32-35(22)18-19-8-6-7-9-28-19)26(36)31-25(30-23)21-16-20(17-29-27(21)40-15-14-39-3)41(37,38)34-12-10-33(5-2)11-13-34;1-6-18-19-20(27-28(18)4)22(31)26-21(25-19)17-12-16(13-24-23(17)35-15(3)14-34-5)36(32,33)30-10-8-29(7-2)9-11-30/h7-10,17-18H,4-6,11-16,19H2,1-3H3,(H,31,32,37);6-9,16-17H,4-5,10-15,18H2,1-3H3,(H,30,31,36);12-13,15H,6-11,14H2,1-5H3,(H,25,26,31)/t;;15-/m..1/s1. The molecule has 0 aromatic carbocycles. The Bertz CT molecular complexity index is 5850. The molecule has 3 saturated heterocycles. The van der Waals surface area contributed by atoms with Gasteiger partial charge in [0.15, 0.2) is 16.6 Å². The molecule has 3 fully saturated rings. The number of pyridine rings is 5. The smallest absolute Gasteiger partial charge is 0.279 e. The third-order valence-corrected chi connectivity index (χ3v) is 26.2. The number of nitrogens with zero attached hydrogens (tertiary/aromatic N) is 20. The number of aromatic amines is 3. The van der Waals surface area contributed by atoms with E-state index in [-0.39, 0.29) is 90.2 Å². The van der Waals surface area contributed by atoms with Crippen LogP contribution in [0.4, 0.5) is 0 Å². The summed E-state index contributed by atoms with van der Waals surface area (Å²) >= 11 is 0. The third-order valence-electron chi connectivity index (χ3n) is 20.6. The Kier molecular flexibility index (Phi) is 28.8. The Hall–Kier alpha value is -10.3. The van der Waals surface area contributed by atoms with E-state index in [2.05, 4.69) is 95.6 Å². The number of methoxy groups -OCH3 is 2. The molecule has 0 bridgehead atoms. The number of aromatic nitrogens is 17. The average Bonchev–Trinajstić information content (AvgIpc) is 1.58. The van der Waals surface area contributed by atoms with Crippen LogP contribution in [0.1, 0.15) is 96.7 Å². The molecular weight excluding hydrogens is 1580 g/mol. The normalized spacial score (nSPS) is 15.4. The quantitative estimate of drug-likeness (QED) is 0.0467. The van der Waals surface area contributed by atoms with E-state index in [1.54, 1.807) is 47.7 Å². The van der Waals surface area contributed by atoms with E-state index in [0.717, 1.165) is 60.9 Å². The molecule has 0 unspecified atom stereocenters. The van der Waals surface area contributed by atoms with Crippen LogP contribution in [0.5, 0.6) is 17.6 Å². The molecular formula is C78H103N23O14S3. The Labute approximate surface area is 684 Å². The van der Waals surface area contributed by atoms with Gasteiger partial charge in [-0.3, -0.25) is 38.4 Å². The molecule has 40 heteroatoms. The molecule has 14 rings (SSSR count). The minimum Gasteiger partial charge on any atom is -0.477 e. The maximum atomic E-state index is 13.6. The Morgan fingerprint density at radius 3 is 1.20 bits per heavy atom. The second-order valence-corrected chi connectivity index (χ2v) is 34.2. The highest BCUT2D eigenvalue weighted by Gasteiger charge is 2.35. The first-order chi connectivity index (χ1) is 56.9. The minimum atomic E-state index is -3.84. The molecule has 632 valence electrons. The van der Waals surface area contributed by atoms with Gasteiger partial charge in [-0.05, 0) is 101 Å². The van der Waals surface area contributed by atoms with Crippen LogP contribution in [-0.2, 0) is 78.9 Å². The van der Waals surface area contributed by atoms with Crippen molar-refractivity contribution in [3.63, 3.8) is 0 Å². The number of hydrogen-bond donors (Lipinski definition) is 3. The second-order valence-electron chi connectivity index (χ2n) is 28.4. The van der Waals surface area contributed by atoms with Crippen molar-refractivity contribution >= 4 is 63.2 Å². The van der Waals surface area contributed by atoms with Crippen molar-refractivity contribution in [2.45, 2.75) is 121 Å². The van der Waals surface area contributed by atoms with Crippen LogP contribution in [0.3, 0.4) is 0 Å². The summed E-state index contributed by atoms with van der Waals surface area (Å²) in [6, 6.07) is 15.7. The van der Waals surface area contributed by atoms with Gasteiger partial charge in [0.2, 0.25) is 47.7 Å². The lowest BCUT2D eigenvalue weighted by atomic mass is 10.2. The molecule has 3 aliphatic heterocycles. The number of aryl methyl sites for hydroxylation is 4. The number of hydrogen-bond acceptors (Lipinski definition) is 28. The maximum Gasteiger partial charge on any atom is 0.279 e. The lowest BCUT2D eigenvalue weighted by Crippen LogP contribution is -2.48. The van der Waals surface area contributed by atoms with E-state index in [1.165, 1.54) is 49.7 Å². The fourth-order valence-corrected chi connectivity index (χ4v) is 18.4. The van der Waals surface area contributed by atoms with Crippen molar-refractivity contribution < 1.29 is 48.9 Å². The molecule has 37 nitrogen and oxygen atoms in total. The molecule has 11 aromatic rings. The lowest BCUT2D eigenvalue weighted by molar-refractivity contribution is 0.0893. The van der Waals surface area contributed by atoms with Gasteiger partial charge in [0, 0.05) is 112 Å². The largest absolute Gasteiger partial charge is 0.477 e. The maximum absolute atomic E-state index is 13.6. The highest BCUT2D eigenvalue weighted by molar-refractivity contribution is 7.89. The summed E-state index contributed by atoms with van der Waals surface area (Å²) in [7, 11) is -6.61. The van der Waals surface area contributed by atoms with Crippen molar-refractivity contribution in [1.82, 2.24) is 112 Å². The number of piperazine rings is 3. The van der Waals surface area contributed by atoms with E-state index in [9.17, 15) is 39.6 Å². The zero-order valence-corrected chi connectivity index (χ0v) is 70.9. The summed E-state index contributed by atoms with van der Waals surface area (Å²) in [4.78, 5) is 90.5. The zero-order valence-electron chi connectivity index (χ0n) is 68.4. The Morgan fingerprint density at radius 2 is 0.831 bits per heavy atom. The minimum absolute atomic E-state index is 0.000785. The molecule has 14 heterocycles. The van der Waals surface area contributed by atoms with Crippen molar-refractivity contribution in [2.24, 2.45) is 7.05 Å². The third kappa shape index (κ3) is 19.5. The highest BCUT2D eigenvalue weighted by Crippen LogP contribution is 2.35. The summed E-state index contributed by atoms with van der Waals surface area (Å²) in [5, 5.41) is 13.4. The Morgan fingerprint density at radius 1 is 0.441 bits per heavy atom. The van der Waals surface area contributed by atoms with Crippen LogP contribution in [0, 0.1) is 0 Å². The second kappa shape index (κ2) is 39.1.